The molecule has 0 saturated heterocycles. The molecule has 0 bridgehead atoms. The monoisotopic (exact) mass is 331 g/mol. The minimum Gasteiger partial charge on any atom is -0.350 e. The lowest BCUT2D eigenvalue weighted by Gasteiger charge is -2.29. The first-order chi connectivity index (χ1) is 11.2. The van der Waals surface area contributed by atoms with E-state index in [0.29, 0.717) is 18.7 Å². The molecule has 0 fully saturated rings. The van der Waals surface area contributed by atoms with E-state index in [1.165, 1.54) is 5.56 Å². The van der Waals surface area contributed by atoms with E-state index in [1.54, 1.807) is 11.3 Å². The van der Waals surface area contributed by atoms with Crippen LogP contribution in [0.4, 0.5) is 0 Å². The summed E-state index contributed by atoms with van der Waals surface area (Å²) in [5.41, 5.74) is 8.55. The Balaban J connectivity index is 2.03. The van der Waals surface area contributed by atoms with Crippen molar-refractivity contribution in [3.63, 3.8) is 0 Å². The number of hydrogen-bond acceptors (Lipinski definition) is 4. The number of nitrogens with two attached hydrogens (primary N) is 1. The van der Waals surface area contributed by atoms with E-state index in [0.717, 1.165) is 18.7 Å². The van der Waals surface area contributed by atoms with Crippen molar-refractivity contribution in [1.29, 1.82) is 0 Å². The molecule has 1 atom stereocenters. The van der Waals surface area contributed by atoms with E-state index >= 15 is 0 Å². The van der Waals surface area contributed by atoms with Crippen LogP contribution in [0.25, 0.3) is 0 Å². The molecule has 1 aromatic heterocycles. The van der Waals surface area contributed by atoms with E-state index in [4.69, 9.17) is 5.73 Å². The number of nitrogens with one attached hydrogen (secondary N) is 1. The van der Waals surface area contributed by atoms with Crippen LogP contribution < -0.4 is 11.1 Å². The molecule has 0 spiro atoms. The van der Waals surface area contributed by atoms with Crippen LogP contribution in [-0.4, -0.2) is 30.4 Å². The quantitative estimate of drug-likeness (QED) is 0.782. The Bertz CT molecular complexity index is 591. The molecule has 0 aliphatic heterocycles. The molecule has 5 heteroatoms. The number of likely N-dealkylation sites (N-methyl/N-ethyl adjacent to an activating group) is 1. The third-order valence-electron chi connectivity index (χ3n) is 4.09. The summed E-state index contributed by atoms with van der Waals surface area (Å²) in [7, 11) is 0. The molecule has 3 N–H and O–H groups in total. The zero-order valence-electron chi connectivity index (χ0n) is 13.8. The van der Waals surface area contributed by atoms with Gasteiger partial charge in [-0.3, -0.25) is 9.69 Å². The average molecular weight is 331 g/mol. The summed E-state index contributed by atoms with van der Waals surface area (Å²) in [5.74, 6) is -0.0408. The standard InChI is InChI=1S/C18H25N3OS/c1-3-21(4-2)17(16-9-10-23-13-16)12-20-18(22)15-7-5-14(11-19)6-8-15/h5-10,13,17H,3-4,11-12,19H2,1-2H3,(H,20,22). The third-order valence-corrected chi connectivity index (χ3v) is 4.79. The maximum absolute atomic E-state index is 12.4. The highest BCUT2D eigenvalue weighted by atomic mass is 32.1. The second kappa shape index (κ2) is 8.82. The Morgan fingerprint density at radius 2 is 1.91 bits per heavy atom. The highest BCUT2D eigenvalue weighted by Crippen LogP contribution is 2.22. The summed E-state index contributed by atoms with van der Waals surface area (Å²) in [6.07, 6.45) is 0. The van der Waals surface area contributed by atoms with Gasteiger partial charge in [0.2, 0.25) is 0 Å². The molecule has 2 aromatic rings. The van der Waals surface area contributed by atoms with Gasteiger partial charge in [-0.2, -0.15) is 11.3 Å². The van der Waals surface area contributed by atoms with Crippen molar-refractivity contribution in [2.75, 3.05) is 19.6 Å². The highest BCUT2D eigenvalue weighted by molar-refractivity contribution is 7.07. The number of carbonyl (C=O) groups is 1. The van der Waals surface area contributed by atoms with Crippen LogP contribution >= 0.6 is 11.3 Å². The van der Waals surface area contributed by atoms with Crippen molar-refractivity contribution in [3.05, 3.63) is 57.8 Å². The van der Waals surface area contributed by atoms with Gasteiger partial charge in [0.25, 0.3) is 5.91 Å². The topological polar surface area (TPSA) is 58.4 Å². The third kappa shape index (κ3) is 4.64. The SMILES string of the molecule is CCN(CC)C(CNC(=O)c1ccc(CN)cc1)c1ccsc1. The number of benzene rings is 1. The Hall–Kier alpha value is -1.69. The maximum atomic E-state index is 12.4. The summed E-state index contributed by atoms with van der Waals surface area (Å²) in [4.78, 5) is 14.7. The molecule has 4 nitrogen and oxygen atoms in total. The smallest absolute Gasteiger partial charge is 0.251 e. The van der Waals surface area contributed by atoms with Crippen molar-refractivity contribution < 1.29 is 4.79 Å². The predicted octanol–water partition coefficient (Wildman–Crippen LogP) is 3.02. The van der Waals surface area contributed by atoms with Crippen LogP contribution in [-0.2, 0) is 6.54 Å². The molecule has 0 saturated carbocycles. The van der Waals surface area contributed by atoms with Gasteiger partial charge >= 0.3 is 0 Å². The van der Waals surface area contributed by atoms with Crippen LogP contribution in [0.3, 0.4) is 0 Å². The average Bonchev–Trinajstić information content (AvgIpc) is 3.12. The Morgan fingerprint density at radius 1 is 1.22 bits per heavy atom. The number of rotatable bonds is 8. The molecule has 1 aromatic carbocycles. The lowest BCUT2D eigenvalue weighted by Crippen LogP contribution is -2.37. The number of nitrogens with zero attached hydrogens (tertiary/aromatic N) is 1. The van der Waals surface area contributed by atoms with E-state index in [1.807, 2.05) is 24.3 Å². The van der Waals surface area contributed by atoms with Gasteiger partial charge in [-0.15, -0.1) is 0 Å². The molecule has 0 aliphatic rings. The van der Waals surface area contributed by atoms with Gasteiger partial charge in [-0.1, -0.05) is 26.0 Å². The fourth-order valence-corrected chi connectivity index (χ4v) is 3.38. The van der Waals surface area contributed by atoms with Gasteiger partial charge < -0.3 is 11.1 Å². The van der Waals surface area contributed by atoms with E-state index < -0.39 is 0 Å². The molecular weight excluding hydrogens is 306 g/mol. The fourth-order valence-electron chi connectivity index (χ4n) is 2.67. The first kappa shape index (κ1) is 17.7. The van der Waals surface area contributed by atoms with Crippen molar-refractivity contribution in [2.45, 2.75) is 26.4 Å². The normalized spacial score (nSPS) is 12.3. The van der Waals surface area contributed by atoms with Crippen molar-refractivity contribution in [1.82, 2.24) is 10.2 Å². The van der Waals surface area contributed by atoms with Crippen LogP contribution in [0, 0.1) is 0 Å². The second-order valence-corrected chi connectivity index (χ2v) is 6.18. The highest BCUT2D eigenvalue weighted by Gasteiger charge is 2.19. The molecule has 0 radical (unpaired) electrons. The van der Waals surface area contributed by atoms with Crippen LogP contribution in [0.1, 0.15) is 41.4 Å². The first-order valence-corrected chi connectivity index (χ1v) is 8.97. The molecule has 23 heavy (non-hydrogen) atoms. The van der Waals surface area contributed by atoms with Crippen LogP contribution in [0.5, 0.6) is 0 Å². The second-order valence-electron chi connectivity index (χ2n) is 5.40. The number of thiophene rings is 1. The van der Waals surface area contributed by atoms with Crippen molar-refractivity contribution in [2.24, 2.45) is 5.73 Å². The number of carbonyl (C=O) groups excluding carboxylic acids is 1. The van der Waals surface area contributed by atoms with Crippen molar-refractivity contribution in [3.8, 4) is 0 Å². The van der Waals surface area contributed by atoms with E-state index in [-0.39, 0.29) is 11.9 Å². The molecule has 1 unspecified atom stereocenters. The molecule has 0 aliphatic carbocycles. The van der Waals surface area contributed by atoms with Gasteiger partial charge in [-0.05, 0) is 53.2 Å². The first-order valence-electron chi connectivity index (χ1n) is 8.02. The van der Waals surface area contributed by atoms with Gasteiger partial charge in [0.05, 0.1) is 6.04 Å². The summed E-state index contributed by atoms with van der Waals surface area (Å²) < 4.78 is 0. The lowest BCUT2D eigenvalue weighted by molar-refractivity contribution is 0.0935. The summed E-state index contributed by atoms with van der Waals surface area (Å²) >= 11 is 1.69. The number of amides is 1. The molecule has 1 amide bonds. The zero-order chi connectivity index (χ0) is 16.7. The summed E-state index contributed by atoms with van der Waals surface area (Å²) in [6.45, 7) is 7.31. The minimum atomic E-state index is -0.0408. The predicted molar refractivity (Wildman–Crippen MR) is 96.6 cm³/mol. The molecular formula is C18H25N3OS. The minimum absolute atomic E-state index is 0.0408. The van der Waals surface area contributed by atoms with Crippen molar-refractivity contribution >= 4 is 17.2 Å². The summed E-state index contributed by atoms with van der Waals surface area (Å²) in [6, 6.07) is 9.80. The maximum Gasteiger partial charge on any atom is 0.251 e. The zero-order valence-corrected chi connectivity index (χ0v) is 14.6. The van der Waals surface area contributed by atoms with Gasteiger partial charge in [0.1, 0.15) is 0 Å². The van der Waals surface area contributed by atoms with Crippen LogP contribution in [0.2, 0.25) is 0 Å². The largest absolute Gasteiger partial charge is 0.350 e. The van der Waals surface area contributed by atoms with E-state index in [9.17, 15) is 4.79 Å². The Morgan fingerprint density at radius 3 is 2.43 bits per heavy atom. The lowest BCUT2D eigenvalue weighted by atomic mass is 10.1. The van der Waals surface area contributed by atoms with Gasteiger partial charge in [0.15, 0.2) is 0 Å². The van der Waals surface area contributed by atoms with Gasteiger partial charge in [0, 0.05) is 18.7 Å². The van der Waals surface area contributed by atoms with Gasteiger partial charge in [-0.25, -0.2) is 0 Å². The molecule has 2 rings (SSSR count). The molecule has 1 heterocycles. The van der Waals surface area contributed by atoms with E-state index in [2.05, 4.69) is 40.9 Å². The fraction of sp³-hybridized carbons (Fsp3) is 0.389. The Labute approximate surface area is 142 Å². The molecule has 124 valence electrons. The van der Waals surface area contributed by atoms with Crippen LogP contribution in [0.15, 0.2) is 41.1 Å². The summed E-state index contributed by atoms with van der Waals surface area (Å²) in [5, 5.41) is 7.31. The number of hydrogen-bond donors (Lipinski definition) is 2. The Kier molecular flexibility index (Phi) is 6.77.